The van der Waals surface area contributed by atoms with E-state index in [1.807, 2.05) is 39.0 Å². The van der Waals surface area contributed by atoms with Crippen LogP contribution in [0.3, 0.4) is 0 Å². The Morgan fingerprint density at radius 2 is 2.14 bits per heavy atom. The highest BCUT2D eigenvalue weighted by Crippen LogP contribution is 2.31. The maximum absolute atomic E-state index is 12.0. The Morgan fingerprint density at radius 1 is 1.43 bits per heavy atom. The van der Waals surface area contributed by atoms with E-state index in [1.54, 1.807) is 6.92 Å². The minimum atomic E-state index is -0.456. The van der Waals surface area contributed by atoms with Gasteiger partial charge in [0.2, 0.25) is 11.7 Å². The van der Waals surface area contributed by atoms with Gasteiger partial charge in [0.1, 0.15) is 0 Å². The van der Waals surface area contributed by atoms with Crippen LogP contribution in [0.5, 0.6) is 0 Å². The Labute approximate surface area is 138 Å². The van der Waals surface area contributed by atoms with Crippen LogP contribution in [0, 0.1) is 10.5 Å². The number of benzene rings is 1. The zero-order chi connectivity index (χ0) is 15.6. The highest BCUT2D eigenvalue weighted by molar-refractivity contribution is 14.1. The number of ether oxygens (including phenoxy) is 1. The third-order valence-electron chi connectivity index (χ3n) is 3.08. The van der Waals surface area contributed by atoms with E-state index in [2.05, 4.69) is 27.6 Å². The highest BCUT2D eigenvalue weighted by atomic mass is 127. The number of oxazole rings is 1. The number of carbonyl (C=O) groups is 1. The van der Waals surface area contributed by atoms with E-state index in [9.17, 15) is 4.79 Å². The molecule has 2 aromatic rings. The fraction of sp³-hybridized carbons (Fsp3) is 0.375. The van der Waals surface area contributed by atoms with E-state index in [0.29, 0.717) is 18.2 Å². The van der Waals surface area contributed by atoms with E-state index in [-0.39, 0.29) is 11.7 Å². The van der Waals surface area contributed by atoms with E-state index in [1.165, 1.54) is 0 Å². The Morgan fingerprint density at radius 3 is 2.76 bits per heavy atom. The number of rotatable bonds is 4. The molecular weight excluding hydrogens is 381 g/mol. The average Bonchev–Trinajstić information content (AvgIpc) is 2.87. The van der Waals surface area contributed by atoms with Gasteiger partial charge in [0.25, 0.3) is 0 Å². The Kier molecular flexibility index (Phi) is 5.03. The highest BCUT2D eigenvalue weighted by Gasteiger charge is 2.24. The lowest BCUT2D eigenvalue weighted by Crippen LogP contribution is -2.07. The first-order chi connectivity index (χ1) is 9.95. The monoisotopic (exact) mass is 399 g/mol. The van der Waals surface area contributed by atoms with Crippen molar-refractivity contribution in [2.45, 2.75) is 33.6 Å². The van der Waals surface area contributed by atoms with Crippen LogP contribution in [-0.4, -0.2) is 17.6 Å². The van der Waals surface area contributed by atoms with E-state index >= 15 is 0 Å². The zero-order valence-corrected chi connectivity index (χ0v) is 14.7. The molecule has 112 valence electrons. The summed E-state index contributed by atoms with van der Waals surface area (Å²) in [6.07, 6.45) is 0. The number of aromatic nitrogens is 1. The summed E-state index contributed by atoms with van der Waals surface area (Å²) in [6.45, 7) is 8.07. The molecule has 0 N–H and O–H groups in total. The van der Waals surface area contributed by atoms with Gasteiger partial charge in [-0.25, -0.2) is 9.78 Å². The van der Waals surface area contributed by atoms with Crippen molar-refractivity contribution >= 4 is 28.6 Å². The van der Waals surface area contributed by atoms with Crippen molar-refractivity contribution in [3.8, 4) is 11.5 Å². The molecule has 1 aromatic heterocycles. The van der Waals surface area contributed by atoms with Gasteiger partial charge < -0.3 is 9.15 Å². The van der Waals surface area contributed by atoms with Crippen LogP contribution < -0.4 is 0 Å². The van der Waals surface area contributed by atoms with Gasteiger partial charge >= 0.3 is 5.97 Å². The standard InChI is InChI=1S/C16H18INO3/c1-5-20-16(19)14-13(9(2)3)18-15(21-14)11-8-6-7-10(4)12(11)17/h6-9H,5H2,1-4H3. The lowest BCUT2D eigenvalue weighted by molar-refractivity contribution is 0.0488. The van der Waals surface area contributed by atoms with Gasteiger partial charge in [-0.05, 0) is 54.0 Å². The molecule has 0 atom stereocenters. The van der Waals surface area contributed by atoms with Crippen molar-refractivity contribution in [3.63, 3.8) is 0 Å². The molecule has 1 aromatic carbocycles. The number of halogens is 1. The third kappa shape index (κ3) is 3.28. The Hall–Kier alpha value is -1.37. The second-order valence-electron chi connectivity index (χ2n) is 5.05. The van der Waals surface area contributed by atoms with Crippen molar-refractivity contribution in [2.24, 2.45) is 0 Å². The second kappa shape index (κ2) is 6.60. The predicted molar refractivity (Wildman–Crippen MR) is 89.4 cm³/mol. The summed E-state index contributed by atoms with van der Waals surface area (Å²) in [5.41, 5.74) is 2.68. The van der Waals surface area contributed by atoms with Crippen molar-refractivity contribution in [1.29, 1.82) is 0 Å². The molecule has 0 radical (unpaired) electrons. The smallest absolute Gasteiger partial charge is 0.376 e. The summed E-state index contributed by atoms with van der Waals surface area (Å²) in [5, 5.41) is 0. The molecular formula is C16H18INO3. The maximum atomic E-state index is 12.0. The van der Waals surface area contributed by atoms with Crippen LogP contribution in [-0.2, 0) is 4.74 Å². The zero-order valence-electron chi connectivity index (χ0n) is 12.6. The molecule has 2 rings (SSSR count). The number of aryl methyl sites for hydroxylation is 1. The largest absolute Gasteiger partial charge is 0.460 e. The van der Waals surface area contributed by atoms with Gasteiger partial charge in [-0.3, -0.25) is 0 Å². The fourth-order valence-corrected chi connectivity index (χ4v) is 2.58. The van der Waals surface area contributed by atoms with Crippen LogP contribution in [0.4, 0.5) is 0 Å². The van der Waals surface area contributed by atoms with Crippen molar-refractivity contribution in [3.05, 3.63) is 38.8 Å². The first-order valence-electron chi connectivity index (χ1n) is 6.89. The SMILES string of the molecule is CCOC(=O)c1oc(-c2cccc(C)c2I)nc1C(C)C. The number of carbonyl (C=O) groups excluding carboxylic acids is 1. The summed E-state index contributed by atoms with van der Waals surface area (Å²) < 4.78 is 11.8. The maximum Gasteiger partial charge on any atom is 0.376 e. The van der Waals surface area contributed by atoms with Gasteiger partial charge in [0, 0.05) is 3.57 Å². The molecule has 0 aliphatic heterocycles. The Bertz CT molecular complexity index is 662. The molecule has 0 aliphatic carbocycles. The van der Waals surface area contributed by atoms with Gasteiger partial charge in [-0.15, -0.1) is 0 Å². The summed E-state index contributed by atoms with van der Waals surface area (Å²) in [4.78, 5) is 16.5. The van der Waals surface area contributed by atoms with Gasteiger partial charge in [-0.2, -0.15) is 0 Å². The summed E-state index contributed by atoms with van der Waals surface area (Å²) >= 11 is 2.26. The van der Waals surface area contributed by atoms with Crippen LogP contribution in [0.25, 0.3) is 11.5 Å². The van der Waals surface area contributed by atoms with Crippen LogP contribution in [0.15, 0.2) is 22.6 Å². The summed E-state index contributed by atoms with van der Waals surface area (Å²) in [6, 6.07) is 5.93. The minimum absolute atomic E-state index is 0.0874. The molecule has 0 aliphatic rings. The summed E-state index contributed by atoms with van der Waals surface area (Å²) in [7, 11) is 0. The fourth-order valence-electron chi connectivity index (χ4n) is 1.99. The minimum Gasteiger partial charge on any atom is -0.460 e. The second-order valence-corrected chi connectivity index (χ2v) is 6.12. The van der Waals surface area contributed by atoms with Gasteiger partial charge in [0.15, 0.2) is 0 Å². The molecule has 0 saturated carbocycles. The van der Waals surface area contributed by atoms with E-state index in [4.69, 9.17) is 9.15 Å². The molecule has 0 unspecified atom stereocenters. The van der Waals surface area contributed by atoms with Crippen molar-refractivity contribution in [2.75, 3.05) is 6.61 Å². The molecule has 0 fully saturated rings. The molecule has 0 bridgehead atoms. The van der Waals surface area contributed by atoms with E-state index in [0.717, 1.165) is 14.7 Å². The average molecular weight is 399 g/mol. The molecule has 1 heterocycles. The molecule has 21 heavy (non-hydrogen) atoms. The summed E-state index contributed by atoms with van der Waals surface area (Å²) in [5.74, 6) is 0.306. The quantitative estimate of drug-likeness (QED) is 0.559. The van der Waals surface area contributed by atoms with Crippen molar-refractivity contribution in [1.82, 2.24) is 4.98 Å². The van der Waals surface area contributed by atoms with Crippen LogP contribution in [0.1, 0.15) is 48.5 Å². The third-order valence-corrected chi connectivity index (χ3v) is 4.52. The lowest BCUT2D eigenvalue weighted by atomic mass is 10.1. The van der Waals surface area contributed by atoms with Crippen LogP contribution in [0.2, 0.25) is 0 Å². The normalized spacial score (nSPS) is 11.0. The molecule has 0 spiro atoms. The molecule has 5 heteroatoms. The van der Waals surface area contributed by atoms with Gasteiger partial charge in [0.05, 0.1) is 17.9 Å². The Balaban J connectivity index is 2.54. The number of hydrogen-bond donors (Lipinski definition) is 0. The van der Waals surface area contributed by atoms with Crippen LogP contribution >= 0.6 is 22.6 Å². The molecule has 0 saturated heterocycles. The molecule has 4 nitrogen and oxygen atoms in total. The number of esters is 1. The van der Waals surface area contributed by atoms with Crippen molar-refractivity contribution < 1.29 is 13.9 Å². The number of hydrogen-bond acceptors (Lipinski definition) is 4. The first-order valence-corrected chi connectivity index (χ1v) is 7.96. The first kappa shape index (κ1) is 16.0. The number of nitrogens with zero attached hydrogens (tertiary/aromatic N) is 1. The van der Waals surface area contributed by atoms with E-state index < -0.39 is 5.97 Å². The topological polar surface area (TPSA) is 52.3 Å². The van der Waals surface area contributed by atoms with Gasteiger partial charge in [-0.1, -0.05) is 26.0 Å². The molecule has 0 amide bonds. The predicted octanol–water partition coefficient (Wildman–Crippen LogP) is 4.55. The lowest BCUT2D eigenvalue weighted by Gasteiger charge is -2.02.